The zero-order valence-corrected chi connectivity index (χ0v) is 9.83. The maximum absolute atomic E-state index is 13.2. The van der Waals surface area contributed by atoms with E-state index in [1.165, 1.54) is 24.3 Å². The van der Waals surface area contributed by atoms with Crippen LogP contribution in [0.3, 0.4) is 0 Å². The van der Waals surface area contributed by atoms with Crippen LogP contribution in [0.1, 0.15) is 17.2 Å². The average molecular weight is 267 g/mol. The predicted octanol–water partition coefficient (Wildman–Crippen LogP) is 2.24. The molecule has 0 saturated heterocycles. The molecule has 0 aliphatic heterocycles. The van der Waals surface area contributed by atoms with Gasteiger partial charge in [0, 0.05) is 11.3 Å². The molecule has 19 heavy (non-hydrogen) atoms. The molecule has 2 aromatic rings. The Morgan fingerprint density at radius 1 is 0.947 bits per heavy atom. The molecule has 0 amide bonds. The first kappa shape index (κ1) is 13.4. The van der Waals surface area contributed by atoms with Crippen molar-refractivity contribution >= 4 is 5.69 Å². The van der Waals surface area contributed by atoms with Crippen molar-refractivity contribution in [3.05, 3.63) is 65.0 Å². The Morgan fingerprint density at radius 2 is 1.68 bits per heavy atom. The van der Waals surface area contributed by atoms with Gasteiger partial charge in [-0.25, -0.2) is 18.6 Å². The maximum Gasteiger partial charge on any atom is 0.159 e. The summed E-state index contributed by atoms with van der Waals surface area (Å²) in [7, 11) is 0. The lowest BCUT2D eigenvalue weighted by Gasteiger charge is -2.19. The van der Waals surface area contributed by atoms with Gasteiger partial charge in [0.25, 0.3) is 0 Å². The number of nitrogens with two attached hydrogens (primary N) is 2. The van der Waals surface area contributed by atoms with E-state index >= 15 is 0 Å². The molecule has 2 aromatic carbocycles. The lowest BCUT2D eigenvalue weighted by Crippen LogP contribution is -2.29. The van der Waals surface area contributed by atoms with E-state index in [1.807, 2.05) is 0 Å². The van der Waals surface area contributed by atoms with Gasteiger partial charge in [-0.05, 0) is 35.9 Å². The Bertz CT molecular complexity index is 602. The number of hydrogen-bond acceptors (Lipinski definition) is 3. The minimum absolute atomic E-state index is 0.300. The van der Waals surface area contributed by atoms with Crippen LogP contribution in [0.25, 0.3) is 0 Å². The smallest absolute Gasteiger partial charge is 0.159 e. The SMILES string of the molecule is NNC(c1ccc(F)c(F)c1)c1cc(F)ccc1N. The molecule has 0 aliphatic carbocycles. The molecule has 0 spiro atoms. The summed E-state index contributed by atoms with van der Waals surface area (Å²) in [5.74, 6) is 2.93. The van der Waals surface area contributed by atoms with Crippen molar-refractivity contribution in [2.75, 3.05) is 5.73 Å². The molecule has 0 fully saturated rings. The van der Waals surface area contributed by atoms with E-state index in [0.717, 1.165) is 12.1 Å². The fraction of sp³-hybridized carbons (Fsp3) is 0.0769. The van der Waals surface area contributed by atoms with Crippen LogP contribution in [0.2, 0.25) is 0 Å². The van der Waals surface area contributed by atoms with Crippen molar-refractivity contribution in [1.82, 2.24) is 5.43 Å². The van der Waals surface area contributed by atoms with Gasteiger partial charge in [0.1, 0.15) is 5.82 Å². The number of rotatable bonds is 3. The van der Waals surface area contributed by atoms with E-state index in [-0.39, 0.29) is 0 Å². The Hall–Kier alpha value is -2.05. The quantitative estimate of drug-likeness (QED) is 0.454. The first-order valence-corrected chi connectivity index (χ1v) is 5.49. The molecule has 6 heteroatoms. The van der Waals surface area contributed by atoms with Crippen LogP contribution in [-0.4, -0.2) is 0 Å². The predicted molar refractivity (Wildman–Crippen MR) is 66.3 cm³/mol. The van der Waals surface area contributed by atoms with E-state index in [1.54, 1.807) is 0 Å². The van der Waals surface area contributed by atoms with Gasteiger partial charge in [-0.3, -0.25) is 5.84 Å². The molecule has 5 N–H and O–H groups in total. The lowest BCUT2D eigenvalue weighted by molar-refractivity contribution is 0.504. The zero-order valence-electron chi connectivity index (χ0n) is 9.83. The summed E-state index contributed by atoms with van der Waals surface area (Å²) in [6, 6.07) is 6.38. The normalized spacial score (nSPS) is 12.4. The molecule has 0 heterocycles. The summed E-state index contributed by atoms with van der Waals surface area (Å²) in [4.78, 5) is 0. The summed E-state index contributed by atoms with van der Waals surface area (Å²) in [6.07, 6.45) is 0. The van der Waals surface area contributed by atoms with Crippen LogP contribution in [0.15, 0.2) is 36.4 Å². The monoisotopic (exact) mass is 267 g/mol. The van der Waals surface area contributed by atoms with Crippen molar-refractivity contribution in [2.45, 2.75) is 6.04 Å². The van der Waals surface area contributed by atoms with Gasteiger partial charge < -0.3 is 5.73 Å². The third kappa shape index (κ3) is 2.69. The molecule has 0 radical (unpaired) electrons. The van der Waals surface area contributed by atoms with Gasteiger partial charge in [0.05, 0.1) is 6.04 Å². The van der Waals surface area contributed by atoms with Crippen LogP contribution < -0.4 is 17.0 Å². The number of nitrogen functional groups attached to an aromatic ring is 1. The van der Waals surface area contributed by atoms with Crippen molar-refractivity contribution in [1.29, 1.82) is 0 Å². The van der Waals surface area contributed by atoms with Crippen LogP contribution in [0.5, 0.6) is 0 Å². The molecule has 2 rings (SSSR count). The number of hydrazine groups is 1. The molecule has 100 valence electrons. The average Bonchev–Trinajstić information content (AvgIpc) is 2.38. The third-order valence-corrected chi connectivity index (χ3v) is 2.80. The molecule has 0 aromatic heterocycles. The van der Waals surface area contributed by atoms with Crippen LogP contribution in [-0.2, 0) is 0 Å². The standard InChI is InChI=1S/C13H12F3N3/c14-8-2-4-12(17)9(6-8)13(19-18)7-1-3-10(15)11(16)5-7/h1-6,13,19H,17-18H2. The largest absolute Gasteiger partial charge is 0.398 e. The second-order valence-corrected chi connectivity index (χ2v) is 4.05. The van der Waals surface area contributed by atoms with Gasteiger partial charge in [-0.1, -0.05) is 6.07 Å². The van der Waals surface area contributed by atoms with E-state index < -0.39 is 23.5 Å². The summed E-state index contributed by atoms with van der Waals surface area (Å²) in [5, 5.41) is 0. The van der Waals surface area contributed by atoms with Crippen molar-refractivity contribution < 1.29 is 13.2 Å². The van der Waals surface area contributed by atoms with Crippen molar-refractivity contribution in [3.63, 3.8) is 0 Å². The molecule has 0 aliphatic rings. The molecular weight excluding hydrogens is 255 g/mol. The summed E-state index contributed by atoms with van der Waals surface area (Å²) < 4.78 is 39.4. The highest BCUT2D eigenvalue weighted by atomic mass is 19.2. The molecule has 1 atom stereocenters. The first-order chi connectivity index (χ1) is 9.02. The van der Waals surface area contributed by atoms with Crippen LogP contribution >= 0.6 is 0 Å². The minimum Gasteiger partial charge on any atom is -0.398 e. The van der Waals surface area contributed by atoms with Crippen molar-refractivity contribution in [2.24, 2.45) is 5.84 Å². The number of benzene rings is 2. The topological polar surface area (TPSA) is 64.1 Å². The molecule has 0 bridgehead atoms. The van der Waals surface area contributed by atoms with Gasteiger partial charge in [0.15, 0.2) is 11.6 Å². The second-order valence-electron chi connectivity index (χ2n) is 4.05. The number of nitrogens with one attached hydrogen (secondary N) is 1. The number of hydrogen-bond donors (Lipinski definition) is 3. The zero-order chi connectivity index (χ0) is 14.0. The fourth-order valence-electron chi connectivity index (χ4n) is 1.85. The minimum atomic E-state index is -1.01. The third-order valence-electron chi connectivity index (χ3n) is 2.80. The highest BCUT2D eigenvalue weighted by Gasteiger charge is 2.17. The molecular formula is C13H12F3N3. The summed E-state index contributed by atoms with van der Waals surface area (Å²) in [5.41, 5.74) is 9.16. The Labute approximate surface area is 108 Å². The molecule has 0 saturated carbocycles. The maximum atomic E-state index is 13.2. The highest BCUT2D eigenvalue weighted by Crippen LogP contribution is 2.27. The Kier molecular flexibility index (Phi) is 3.73. The van der Waals surface area contributed by atoms with Crippen LogP contribution in [0, 0.1) is 17.5 Å². The summed E-state index contributed by atoms with van der Waals surface area (Å²) in [6.45, 7) is 0. The second kappa shape index (κ2) is 5.29. The van der Waals surface area contributed by atoms with Gasteiger partial charge in [-0.15, -0.1) is 0 Å². The Morgan fingerprint density at radius 3 is 2.32 bits per heavy atom. The van der Waals surface area contributed by atoms with Gasteiger partial charge in [0.2, 0.25) is 0 Å². The van der Waals surface area contributed by atoms with E-state index in [9.17, 15) is 13.2 Å². The summed E-state index contributed by atoms with van der Waals surface area (Å²) >= 11 is 0. The number of anilines is 1. The van der Waals surface area contributed by atoms with E-state index in [0.29, 0.717) is 16.8 Å². The van der Waals surface area contributed by atoms with E-state index in [2.05, 4.69) is 5.43 Å². The molecule has 1 unspecified atom stereocenters. The lowest BCUT2D eigenvalue weighted by atomic mass is 9.97. The van der Waals surface area contributed by atoms with Crippen molar-refractivity contribution in [3.8, 4) is 0 Å². The van der Waals surface area contributed by atoms with Gasteiger partial charge >= 0.3 is 0 Å². The number of halogens is 3. The first-order valence-electron chi connectivity index (χ1n) is 5.49. The van der Waals surface area contributed by atoms with Crippen LogP contribution in [0.4, 0.5) is 18.9 Å². The Balaban J connectivity index is 2.49. The van der Waals surface area contributed by atoms with Gasteiger partial charge in [-0.2, -0.15) is 0 Å². The fourth-order valence-corrected chi connectivity index (χ4v) is 1.85. The highest BCUT2D eigenvalue weighted by molar-refractivity contribution is 5.51. The van der Waals surface area contributed by atoms with E-state index in [4.69, 9.17) is 11.6 Å². The molecule has 3 nitrogen and oxygen atoms in total.